The van der Waals surface area contributed by atoms with Crippen molar-refractivity contribution < 1.29 is 18.0 Å². The van der Waals surface area contributed by atoms with Crippen molar-refractivity contribution in [2.45, 2.75) is 6.54 Å². The molecule has 1 amide bonds. The van der Waals surface area contributed by atoms with E-state index in [2.05, 4.69) is 20.5 Å². The quantitative estimate of drug-likeness (QED) is 0.362. The van der Waals surface area contributed by atoms with Gasteiger partial charge in [0.2, 0.25) is 0 Å². The van der Waals surface area contributed by atoms with Gasteiger partial charge in [-0.05, 0) is 42.0 Å². The third-order valence-electron chi connectivity index (χ3n) is 5.28. The second-order valence-corrected chi connectivity index (χ2v) is 7.40. The van der Waals surface area contributed by atoms with Gasteiger partial charge in [0.15, 0.2) is 11.6 Å². The number of halogens is 4. The highest BCUT2D eigenvalue weighted by Crippen LogP contribution is 2.26. The predicted octanol–water partition coefficient (Wildman–Crippen LogP) is 5.16. The first-order valence-corrected chi connectivity index (χ1v) is 9.98. The number of nitrogens with zero attached hydrogens (tertiary/aromatic N) is 3. The number of fused-ring (bicyclic) bond motifs is 1. The molecule has 0 radical (unpaired) electrons. The molecule has 0 bridgehead atoms. The first-order chi connectivity index (χ1) is 16.0. The van der Waals surface area contributed by atoms with E-state index in [1.807, 2.05) is 22.7 Å². The number of pyridine rings is 1. The Bertz CT molecular complexity index is 1480. The van der Waals surface area contributed by atoms with Gasteiger partial charge in [-0.15, -0.1) is 12.4 Å². The van der Waals surface area contributed by atoms with Crippen LogP contribution in [0.3, 0.4) is 0 Å². The predicted molar refractivity (Wildman–Crippen MR) is 123 cm³/mol. The van der Waals surface area contributed by atoms with Gasteiger partial charge in [0.25, 0.3) is 5.91 Å². The van der Waals surface area contributed by atoms with Crippen molar-refractivity contribution >= 4 is 24.0 Å². The van der Waals surface area contributed by atoms with Crippen molar-refractivity contribution in [1.82, 2.24) is 24.9 Å². The molecule has 0 spiro atoms. The third kappa shape index (κ3) is 4.38. The molecule has 0 aliphatic heterocycles. The number of benzene rings is 2. The number of carbonyl (C=O) groups is 1. The third-order valence-corrected chi connectivity index (χ3v) is 5.28. The van der Waals surface area contributed by atoms with Gasteiger partial charge in [-0.25, -0.2) is 18.2 Å². The zero-order chi connectivity index (χ0) is 22.9. The number of rotatable bonds is 5. The molecule has 0 saturated heterocycles. The number of H-pyrrole nitrogens is 1. The Morgan fingerprint density at radius 1 is 0.912 bits per heavy atom. The summed E-state index contributed by atoms with van der Waals surface area (Å²) in [4.78, 5) is 16.8. The van der Waals surface area contributed by atoms with E-state index >= 15 is 0 Å². The van der Waals surface area contributed by atoms with E-state index in [0.717, 1.165) is 23.3 Å². The lowest BCUT2D eigenvalue weighted by atomic mass is 10.1. The largest absolute Gasteiger partial charge is 0.348 e. The van der Waals surface area contributed by atoms with E-state index < -0.39 is 23.4 Å². The summed E-state index contributed by atoms with van der Waals surface area (Å²) in [6, 6.07) is 11.3. The number of nitrogens with one attached hydrogen (secondary N) is 2. The van der Waals surface area contributed by atoms with E-state index in [9.17, 15) is 18.0 Å². The Labute approximate surface area is 197 Å². The summed E-state index contributed by atoms with van der Waals surface area (Å²) in [7, 11) is 0. The Kier molecular flexibility index (Phi) is 6.38. The number of imidazole rings is 1. The van der Waals surface area contributed by atoms with Crippen LogP contribution in [0.15, 0.2) is 73.3 Å². The molecule has 172 valence electrons. The highest BCUT2D eigenvalue weighted by Gasteiger charge is 2.15. The van der Waals surface area contributed by atoms with Crippen LogP contribution in [0.25, 0.3) is 28.0 Å². The van der Waals surface area contributed by atoms with Crippen LogP contribution in [0.5, 0.6) is 0 Å². The van der Waals surface area contributed by atoms with Crippen molar-refractivity contribution in [2.24, 2.45) is 0 Å². The van der Waals surface area contributed by atoms with Crippen LogP contribution in [0, 0.1) is 17.5 Å². The lowest BCUT2D eigenvalue weighted by Crippen LogP contribution is -2.24. The Balaban J connectivity index is 0.00000274. The standard InChI is InChI=1S/C24H16F3N5O.ClH/c25-19-5-1-14(7-21(19)27)9-29-24(33)18-4-2-15(8-20(18)26)22-12-28-23-6-3-16(13-32(22)23)17-10-30-31-11-17;/h1-8,10-13H,9H2,(H,29,33)(H,30,31);1H. The smallest absolute Gasteiger partial charge is 0.254 e. The summed E-state index contributed by atoms with van der Waals surface area (Å²) in [5.41, 5.74) is 3.89. The molecule has 0 saturated carbocycles. The summed E-state index contributed by atoms with van der Waals surface area (Å²) in [6.07, 6.45) is 6.98. The van der Waals surface area contributed by atoms with E-state index in [1.165, 1.54) is 18.2 Å². The summed E-state index contributed by atoms with van der Waals surface area (Å²) in [5.74, 6) is -3.36. The number of aromatic nitrogens is 4. The second-order valence-electron chi connectivity index (χ2n) is 7.40. The van der Waals surface area contributed by atoms with Gasteiger partial charge in [0, 0.05) is 35.6 Å². The molecule has 0 fully saturated rings. The van der Waals surface area contributed by atoms with Gasteiger partial charge < -0.3 is 5.32 Å². The van der Waals surface area contributed by atoms with Crippen LogP contribution in [0.4, 0.5) is 13.2 Å². The molecule has 5 rings (SSSR count). The molecule has 6 nitrogen and oxygen atoms in total. The van der Waals surface area contributed by atoms with Crippen molar-refractivity contribution in [2.75, 3.05) is 0 Å². The van der Waals surface area contributed by atoms with Crippen LogP contribution in [0.2, 0.25) is 0 Å². The van der Waals surface area contributed by atoms with Gasteiger partial charge in [0.05, 0.1) is 23.7 Å². The monoisotopic (exact) mass is 483 g/mol. The minimum atomic E-state index is -1.01. The zero-order valence-corrected chi connectivity index (χ0v) is 18.2. The molecule has 0 atom stereocenters. The van der Waals surface area contributed by atoms with Gasteiger partial charge >= 0.3 is 0 Å². The van der Waals surface area contributed by atoms with Crippen molar-refractivity contribution in [1.29, 1.82) is 0 Å². The molecule has 2 N–H and O–H groups in total. The molecule has 3 heterocycles. The van der Waals surface area contributed by atoms with Crippen LogP contribution in [-0.2, 0) is 6.54 Å². The summed E-state index contributed by atoms with van der Waals surface area (Å²) in [6.45, 7) is -0.0682. The van der Waals surface area contributed by atoms with Crippen LogP contribution < -0.4 is 5.32 Å². The maximum Gasteiger partial charge on any atom is 0.254 e. The minimum Gasteiger partial charge on any atom is -0.348 e. The molecule has 10 heteroatoms. The first-order valence-electron chi connectivity index (χ1n) is 9.98. The Morgan fingerprint density at radius 3 is 2.47 bits per heavy atom. The lowest BCUT2D eigenvalue weighted by Gasteiger charge is -2.09. The average molecular weight is 484 g/mol. The Morgan fingerprint density at radius 2 is 1.74 bits per heavy atom. The second kappa shape index (κ2) is 9.40. The van der Waals surface area contributed by atoms with E-state index in [-0.39, 0.29) is 24.5 Å². The molecule has 0 unspecified atom stereocenters. The molecular formula is C24H17ClF3N5O. The van der Waals surface area contributed by atoms with Crippen molar-refractivity contribution in [3.63, 3.8) is 0 Å². The fourth-order valence-electron chi connectivity index (χ4n) is 3.56. The summed E-state index contributed by atoms with van der Waals surface area (Å²) < 4.78 is 43.0. The SMILES string of the molecule is Cl.O=C(NCc1ccc(F)c(F)c1)c1ccc(-c2cnc3ccc(-c4cn[nH]c4)cn23)cc1F. The molecule has 0 aliphatic carbocycles. The fourth-order valence-corrected chi connectivity index (χ4v) is 3.56. The minimum absolute atomic E-state index is 0. The number of carbonyl (C=O) groups excluding carboxylic acids is 1. The fraction of sp³-hybridized carbons (Fsp3) is 0.0417. The number of hydrogen-bond donors (Lipinski definition) is 2. The maximum absolute atomic E-state index is 14.8. The number of aromatic amines is 1. The van der Waals surface area contributed by atoms with Gasteiger partial charge in [-0.2, -0.15) is 5.10 Å². The number of amides is 1. The zero-order valence-electron chi connectivity index (χ0n) is 17.4. The molecule has 34 heavy (non-hydrogen) atoms. The van der Waals surface area contributed by atoms with E-state index in [1.54, 1.807) is 24.7 Å². The highest BCUT2D eigenvalue weighted by atomic mass is 35.5. The van der Waals surface area contributed by atoms with Gasteiger partial charge in [-0.1, -0.05) is 12.1 Å². The van der Waals surface area contributed by atoms with Gasteiger partial charge in [0.1, 0.15) is 11.5 Å². The molecule has 3 aromatic heterocycles. The topological polar surface area (TPSA) is 75.1 Å². The van der Waals surface area contributed by atoms with E-state index in [0.29, 0.717) is 22.5 Å². The average Bonchev–Trinajstić information content (AvgIpc) is 3.49. The van der Waals surface area contributed by atoms with Crippen LogP contribution in [-0.4, -0.2) is 25.5 Å². The number of hydrogen-bond acceptors (Lipinski definition) is 3. The first kappa shape index (κ1) is 23.1. The molecule has 2 aromatic carbocycles. The van der Waals surface area contributed by atoms with Crippen LogP contribution in [0.1, 0.15) is 15.9 Å². The molecular weight excluding hydrogens is 467 g/mol. The molecule has 5 aromatic rings. The normalized spacial score (nSPS) is 10.8. The van der Waals surface area contributed by atoms with Crippen molar-refractivity contribution in [3.8, 4) is 22.4 Å². The Hall–Kier alpha value is -4.11. The highest BCUT2D eigenvalue weighted by molar-refractivity contribution is 5.95. The maximum atomic E-state index is 14.8. The summed E-state index contributed by atoms with van der Waals surface area (Å²) >= 11 is 0. The van der Waals surface area contributed by atoms with Crippen molar-refractivity contribution in [3.05, 3.63) is 102 Å². The summed E-state index contributed by atoms with van der Waals surface area (Å²) in [5, 5.41) is 9.24. The van der Waals surface area contributed by atoms with Crippen LogP contribution >= 0.6 is 12.4 Å². The lowest BCUT2D eigenvalue weighted by molar-refractivity contribution is 0.0947. The molecule has 0 aliphatic rings. The van der Waals surface area contributed by atoms with Gasteiger partial charge in [-0.3, -0.25) is 14.3 Å². The van der Waals surface area contributed by atoms with E-state index in [4.69, 9.17) is 0 Å².